The minimum absolute atomic E-state index is 0.194. The van der Waals surface area contributed by atoms with Crippen molar-refractivity contribution in [1.82, 2.24) is 9.97 Å². The number of halogens is 2. The number of rotatable bonds is 4. The Morgan fingerprint density at radius 2 is 2.06 bits per heavy atom. The van der Waals surface area contributed by atoms with Crippen molar-refractivity contribution in [2.45, 2.75) is 6.42 Å². The largest absolute Gasteiger partial charge is 0.383 e. The van der Waals surface area contributed by atoms with E-state index >= 15 is 0 Å². The van der Waals surface area contributed by atoms with Gasteiger partial charge < -0.3 is 11.1 Å². The van der Waals surface area contributed by atoms with E-state index in [1.54, 1.807) is 12.1 Å². The van der Waals surface area contributed by atoms with E-state index in [1.165, 1.54) is 12.4 Å². The first kappa shape index (κ1) is 12.8. The Kier molecular flexibility index (Phi) is 4.09. The Labute approximate surface area is 113 Å². The second kappa shape index (κ2) is 5.77. The number of nitrogens with zero attached hydrogens (tertiary/aromatic N) is 2. The van der Waals surface area contributed by atoms with Crippen molar-refractivity contribution < 1.29 is 4.39 Å². The summed E-state index contributed by atoms with van der Waals surface area (Å²) in [5.74, 6) is 0.790. The van der Waals surface area contributed by atoms with Crippen LogP contribution in [0.5, 0.6) is 0 Å². The van der Waals surface area contributed by atoms with Crippen LogP contribution >= 0.6 is 15.9 Å². The van der Waals surface area contributed by atoms with Crippen molar-refractivity contribution in [2.24, 2.45) is 0 Å². The maximum Gasteiger partial charge on any atom is 0.145 e. The lowest BCUT2D eigenvalue weighted by molar-refractivity contribution is 0.610. The molecule has 0 saturated heterocycles. The summed E-state index contributed by atoms with van der Waals surface area (Å²) in [6.07, 6.45) is 1.95. The highest BCUT2D eigenvalue weighted by molar-refractivity contribution is 9.10. The van der Waals surface area contributed by atoms with E-state index in [1.807, 2.05) is 6.07 Å². The first-order chi connectivity index (χ1) is 8.68. The van der Waals surface area contributed by atoms with Gasteiger partial charge in [0.2, 0.25) is 0 Å². The van der Waals surface area contributed by atoms with Gasteiger partial charge in [0.1, 0.15) is 28.3 Å². The number of nitrogens with two attached hydrogens (primary N) is 1. The summed E-state index contributed by atoms with van der Waals surface area (Å²) >= 11 is 3.29. The van der Waals surface area contributed by atoms with Gasteiger partial charge in [0, 0.05) is 6.54 Å². The second-order valence-corrected chi connectivity index (χ2v) is 4.48. The molecule has 18 heavy (non-hydrogen) atoms. The monoisotopic (exact) mass is 310 g/mol. The first-order valence-electron chi connectivity index (χ1n) is 5.41. The molecule has 0 fully saturated rings. The Morgan fingerprint density at radius 3 is 2.83 bits per heavy atom. The minimum Gasteiger partial charge on any atom is -0.383 e. The molecule has 94 valence electrons. The van der Waals surface area contributed by atoms with Crippen LogP contribution < -0.4 is 11.1 Å². The summed E-state index contributed by atoms with van der Waals surface area (Å²) in [5, 5.41) is 3.08. The van der Waals surface area contributed by atoms with Gasteiger partial charge >= 0.3 is 0 Å². The lowest BCUT2D eigenvalue weighted by Gasteiger charge is -2.08. The summed E-state index contributed by atoms with van der Waals surface area (Å²) in [5.41, 5.74) is 6.30. The highest BCUT2D eigenvalue weighted by atomic mass is 79.9. The van der Waals surface area contributed by atoms with Crippen LogP contribution in [0, 0.1) is 5.82 Å². The summed E-state index contributed by atoms with van der Waals surface area (Å²) in [4.78, 5) is 7.89. The summed E-state index contributed by atoms with van der Waals surface area (Å²) in [7, 11) is 0. The van der Waals surface area contributed by atoms with Gasteiger partial charge in [0.25, 0.3) is 0 Å². The quantitative estimate of drug-likeness (QED) is 0.911. The minimum atomic E-state index is -0.194. The number of benzene rings is 1. The Morgan fingerprint density at radius 1 is 1.28 bits per heavy atom. The van der Waals surface area contributed by atoms with Gasteiger partial charge in [0.15, 0.2) is 0 Å². The Hall–Kier alpha value is -1.69. The molecule has 0 aliphatic rings. The van der Waals surface area contributed by atoms with Crippen molar-refractivity contribution in [3.63, 3.8) is 0 Å². The lowest BCUT2D eigenvalue weighted by atomic mass is 10.1. The second-order valence-electron chi connectivity index (χ2n) is 3.69. The molecule has 0 radical (unpaired) electrons. The fourth-order valence-corrected chi connectivity index (χ4v) is 1.87. The standard InChI is InChI=1S/C12H12BrFN4/c13-10-11(15)17-7-18-12(10)16-6-5-8-3-1-2-4-9(8)14/h1-4,7H,5-6H2,(H3,15,16,17,18). The third-order valence-electron chi connectivity index (χ3n) is 2.46. The zero-order valence-electron chi connectivity index (χ0n) is 9.53. The van der Waals surface area contributed by atoms with E-state index in [0.29, 0.717) is 34.6 Å². The van der Waals surface area contributed by atoms with Crippen LogP contribution in [0.2, 0.25) is 0 Å². The van der Waals surface area contributed by atoms with Gasteiger partial charge in [-0.2, -0.15) is 0 Å². The number of anilines is 2. The first-order valence-corrected chi connectivity index (χ1v) is 6.21. The molecule has 2 rings (SSSR count). The van der Waals surface area contributed by atoms with Crippen LogP contribution in [0.1, 0.15) is 5.56 Å². The molecule has 2 aromatic rings. The van der Waals surface area contributed by atoms with Crippen molar-refractivity contribution in [3.8, 4) is 0 Å². The van der Waals surface area contributed by atoms with E-state index in [9.17, 15) is 4.39 Å². The number of nitrogens with one attached hydrogen (secondary N) is 1. The van der Waals surface area contributed by atoms with E-state index in [-0.39, 0.29) is 5.82 Å². The molecule has 0 aliphatic heterocycles. The molecule has 0 atom stereocenters. The zero-order valence-corrected chi connectivity index (χ0v) is 11.1. The van der Waals surface area contributed by atoms with Crippen LogP contribution in [-0.4, -0.2) is 16.5 Å². The van der Waals surface area contributed by atoms with Gasteiger partial charge in [0.05, 0.1) is 0 Å². The van der Waals surface area contributed by atoms with Gasteiger partial charge in [-0.25, -0.2) is 14.4 Å². The van der Waals surface area contributed by atoms with Gasteiger partial charge in [-0.3, -0.25) is 0 Å². The molecule has 0 unspecified atom stereocenters. The van der Waals surface area contributed by atoms with Gasteiger partial charge in [-0.05, 0) is 34.0 Å². The van der Waals surface area contributed by atoms with Crippen LogP contribution in [0.15, 0.2) is 35.1 Å². The maximum atomic E-state index is 13.4. The SMILES string of the molecule is Nc1ncnc(NCCc2ccccc2F)c1Br. The summed E-state index contributed by atoms with van der Waals surface area (Å²) in [6, 6.07) is 6.71. The van der Waals surface area contributed by atoms with Crippen molar-refractivity contribution in [1.29, 1.82) is 0 Å². The summed E-state index contributed by atoms with van der Waals surface area (Å²) in [6.45, 7) is 0.565. The van der Waals surface area contributed by atoms with E-state index in [4.69, 9.17) is 5.73 Å². The average molecular weight is 311 g/mol. The maximum absolute atomic E-state index is 13.4. The Balaban J connectivity index is 1.97. The van der Waals surface area contributed by atoms with E-state index in [0.717, 1.165) is 0 Å². The smallest absolute Gasteiger partial charge is 0.145 e. The van der Waals surface area contributed by atoms with Gasteiger partial charge in [-0.15, -0.1) is 0 Å². The third kappa shape index (κ3) is 2.95. The lowest BCUT2D eigenvalue weighted by Crippen LogP contribution is -2.09. The molecule has 1 heterocycles. The number of hydrogen-bond donors (Lipinski definition) is 2. The van der Waals surface area contributed by atoms with Crippen LogP contribution in [0.25, 0.3) is 0 Å². The molecule has 0 aliphatic carbocycles. The van der Waals surface area contributed by atoms with Crippen LogP contribution in [0.3, 0.4) is 0 Å². The van der Waals surface area contributed by atoms with Crippen molar-refractivity contribution in [3.05, 3.63) is 46.4 Å². The molecular weight excluding hydrogens is 299 g/mol. The fraction of sp³-hybridized carbons (Fsp3) is 0.167. The molecule has 0 bridgehead atoms. The molecule has 3 N–H and O–H groups in total. The highest BCUT2D eigenvalue weighted by Gasteiger charge is 2.05. The number of aromatic nitrogens is 2. The van der Waals surface area contributed by atoms with Crippen molar-refractivity contribution >= 4 is 27.6 Å². The predicted octanol–water partition coefficient (Wildman–Crippen LogP) is 2.62. The fourth-order valence-electron chi connectivity index (χ4n) is 1.52. The predicted molar refractivity (Wildman–Crippen MR) is 72.7 cm³/mol. The molecule has 0 amide bonds. The molecule has 0 spiro atoms. The zero-order chi connectivity index (χ0) is 13.0. The van der Waals surface area contributed by atoms with E-state index < -0.39 is 0 Å². The van der Waals surface area contributed by atoms with Gasteiger partial charge in [-0.1, -0.05) is 18.2 Å². The molecule has 6 heteroatoms. The normalized spacial score (nSPS) is 10.3. The highest BCUT2D eigenvalue weighted by Crippen LogP contribution is 2.23. The molecule has 1 aromatic heterocycles. The Bertz CT molecular complexity index is 547. The van der Waals surface area contributed by atoms with Crippen LogP contribution in [-0.2, 0) is 6.42 Å². The molecule has 0 saturated carbocycles. The number of nitrogen functional groups attached to an aromatic ring is 1. The summed E-state index contributed by atoms with van der Waals surface area (Å²) < 4.78 is 14.0. The molecule has 1 aromatic carbocycles. The molecule has 4 nitrogen and oxygen atoms in total. The average Bonchev–Trinajstić information content (AvgIpc) is 2.37. The van der Waals surface area contributed by atoms with E-state index in [2.05, 4.69) is 31.2 Å². The van der Waals surface area contributed by atoms with Crippen LogP contribution in [0.4, 0.5) is 16.0 Å². The number of hydrogen-bond acceptors (Lipinski definition) is 4. The third-order valence-corrected chi connectivity index (χ3v) is 3.24. The topological polar surface area (TPSA) is 63.8 Å². The van der Waals surface area contributed by atoms with Crippen molar-refractivity contribution in [2.75, 3.05) is 17.6 Å². The molecular formula is C12H12BrFN4.